The van der Waals surface area contributed by atoms with Gasteiger partial charge in [-0.1, -0.05) is 13.0 Å². The molecule has 0 aromatic carbocycles. The van der Waals surface area contributed by atoms with Gasteiger partial charge in [0.15, 0.2) is 0 Å². The zero-order valence-corrected chi connectivity index (χ0v) is 12.1. The zero-order chi connectivity index (χ0) is 15.1. The summed E-state index contributed by atoms with van der Waals surface area (Å²) in [7, 11) is 1.65. The smallest absolute Gasteiger partial charge is 0.317 e. The Bertz CT molecular complexity index is 476. The van der Waals surface area contributed by atoms with E-state index in [2.05, 4.69) is 10.3 Å². The number of nitrogens with one attached hydrogen (secondary N) is 1. The van der Waals surface area contributed by atoms with Crippen molar-refractivity contribution in [1.29, 1.82) is 0 Å². The number of aliphatic carboxylic acids is 1. The molecule has 0 aliphatic heterocycles. The molecule has 1 unspecified atom stereocenters. The number of nitrogens with zero attached hydrogens (tertiary/aromatic N) is 2. The topological polar surface area (TPSA) is 82.5 Å². The molecule has 0 fully saturated rings. The highest BCUT2D eigenvalue weighted by Crippen LogP contribution is 2.03. The largest absolute Gasteiger partial charge is 0.481 e. The number of carboxylic acid groups (broad SMARTS) is 1. The van der Waals surface area contributed by atoms with E-state index in [9.17, 15) is 9.59 Å². The van der Waals surface area contributed by atoms with E-state index in [1.54, 1.807) is 14.0 Å². The number of carbonyl (C=O) groups is 2. The fraction of sp³-hybridized carbons (Fsp3) is 0.500. The highest BCUT2D eigenvalue weighted by molar-refractivity contribution is 5.75. The average Bonchev–Trinajstić information content (AvgIpc) is 2.38. The Morgan fingerprint density at radius 1 is 1.45 bits per heavy atom. The average molecular weight is 279 g/mol. The summed E-state index contributed by atoms with van der Waals surface area (Å²) >= 11 is 0. The minimum absolute atomic E-state index is 0.135. The van der Waals surface area contributed by atoms with Crippen molar-refractivity contribution in [1.82, 2.24) is 15.2 Å². The van der Waals surface area contributed by atoms with Crippen molar-refractivity contribution in [3.05, 3.63) is 29.6 Å². The number of rotatable bonds is 6. The Morgan fingerprint density at radius 2 is 2.15 bits per heavy atom. The predicted octanol–water partition coefficient (Wildman–Crippen LogP) is 1.64. The summed E-state index contributed by atoms with van der Waals surface area (Å²) in [5, 5.41) is 11.5. The second-order valence-corrected chi connectivity index (χ2v) is 4.76. The van der Waals surface area contributed by atoms with Gasteiger partial charge in [0, 0.05) is 19.3 Å². The van der Waals surface area contributed by atoms with E-state index in [-0.39, 0.29) is 12.6 Å². The Morgan fingerprint density at radius 3 is 2.70 bits per heavy atom. The quantitative estimate of drug-likeness (QED) is 0.829. The lowest BCUT2D eigenvalue weighted by molar-refractivity contribution is -0.141. The van der Waals surface area contributed by atoms with Gasteiger partial charge in [0.05, 0.1) is 18.2 Å². The molecule has 0 bridgehead atoms. The molecule has 20 heavy (non-hydrogen) atoms. The maximum Gasteiger partial charge on any atom is 0.317 e. The molecule has 1 aromatic heterocycles. The molecule has 0 saturated carbocycles. The van der Waals surface area contributed by atoms with Crippen molar-refractivity contribution in [2.45, 2.75) is 26.8 Å². The molecular formula is C14H21N3O3. The monoisotopic (exact) mass is 279 g/mol. The second-order valence-electron chi connectivity index (χ2n) is 4.76. The molecule has 0 radical (unpaired) electrons. The van der Waals surface area contributed by atoms with Crippen LogP contribution in [-0.4, -0.2) is 40.6 Å². The lowest BCUT2D eigenvalue weighted by Gasteiger charge is -2.19. The van der Waals surface area contributed by atoms with E-state index in [1.807, 2.05) is 25.1 Å². The van der Waals surface area contributed by atoms with Crippen LogP contribution in [0.4, 0.5) is 4.79 Å². The number of hydrogen-bond acceptors (Lipinski definition) is 3. The van der Waals surface area contributed by atoms with E-state index in [1.165, 1.54) is 4.90 Å². The third kappa shape index (κ3) is 4.87. The van der Waals surface area contributed by atoms with E-state index in [4.69, 9.17) is 5.11 Å². The van der Waals surface area contributed by atoms with Gasteiger partial charge in [-0.3, -0.25) is 9.78 Å². The van der Waals surface area contributed by atoms with Gasteiger partial charge >= 0.3 is 12.0 Å². The van der Waals surface area contributed by atoms with E-state index >= 15 is 0 Å². The molecule has 1 heterocycles. The number of aryl methyl sites for hydroxylation is 1. The third-order valence-electron chi connectivity index (χ3n) is 3.03. The van der Waals surface area contributed by atoms with Gasteiger partial charge in [0.1, 0.15) is 0 Å². The maximum absolute atomic E-state index is 11.9. The van der Waals surface area contributed by atoms with Crippen molar-refractivity contribution in [3.63, 3.8) is 0 Å². The number of carboxylic acids is 1. The summed E-state index contributed by atoms with van der Waals surface area (Å²) in [6, 6.07) is 5.33. The molecule has 2 amide bonds. The van der Waals surface area contributed by atoms with Gasteiger partial charge in [-0.15, -0.1) is 0 Å². The number of urea groups is 1. The summed E-state index contributed by atoms with van der Waals surface area (Å²) in [5.41, 5.74) is 1.70. The second kappa shape index (κ2) is 7.47. The molecule has 6 nitrogen and oxygen atoms in total. The molecular weight excluding hydrogens is 258 g/mol. The first kappa shape index (κ1) is 15.9. The van der Waals surface area contributed by atoms with Crippen molar-refractivity contribution < 1.29 is 14.7 Å². The third-order valence-corrected chi connectivity index (χ3v) is 3.03. The minimum Gasteiger partial charge on any atom is -0.481 e. The van der Waals surface area contributed by atoms with Crippen LogP contribution in [0.5, 0.6) is 0 Å². The molecule has 1 aromatic rings. The Balaban J connectivity index is 2.49. The van der Waals surface area contributed by atoms with Crippen LogP contribution in [-0.2, 0) is 11.3 Å². The van der Waals surface area contributed by atoms with Crippen LogP contribution < -0.4 is 5.32 Å². The maximum atomic E-state index is 11.9. The van der Waals surface area contributed by atoms with E-state index in [0.717, 1.165) is 11.4 Å². The highest BCUT2D eigenvalue weighted by atomic mass is 16.4. The first-order valence-electron chi connectivity index (χ1n) is 6.58. The molecule has 2 N–H and O–H groups in total. The van der Waals surface area contributed by atoms with Crippen LogP contribution in [0.1, 0.15) is 24.7 Å². The lowest BCUT2D eigenvalue weighted by atomic mass is 10.1. The SMILES string of the molecule is CCC(CNC(=O)N(C)Cc1cccc(C)n1)C(=O)O. The summed E-state index contributed by atoms with van der Waals surface area (Å²) in [6.07, 6.45) is 0.485. The minimum atomic E-state index is -0.893. The van der Waals surface area contributed by atoms with Gasteiger partial charge in [0.25, 0.3) is 0 Å². The van der Waals surface area contributed by atoms with Gasteiger partial charge in [0.2, 0.25) is 0 Å². The van der Waals surface area contributed by atoms with Gasteiger partial charge in [-0.2, -0.15) is 0 Å². The number of hydrogen-bond donors (Lipinski definition) is 2. The first-order valence-corrected chi connectivity index (χ1v) is 6.58. The van der Waals surface area contributed by atoms with Crippen molar-refractivity contribution >= 4 is 12.0 Å². The van der Waals surface area contributed by atoms with Gasteiger partial charge in [-0.25, -0.2) is 4.79 Å². The number of carbonyl (C=O) groups excluding carboxylic acids is 1. The van der Waals surface area contributed by atoms with E-state index < -0.39 is 11.9 Å². The molecule has 110 valence electrons. The fourth-order valence-corrected chi connectivity index (χ4v) is 1.75. The Kier molecular flexibility index (Phi) is 5.96. The number of amides is 2. The van der Waals surface area contributed by atoms with Crippen LogP contribution in [0.15, 0.2) is 18.2 Å². The number of pyridine rings is 1. The number of aromatic nitrogens is 1. The lowest BCUT2D eigenvalue weighted by Crippen LogP contribution is -2.40. The summed E-state index contributed by atoms with van der Waals surface area (Å²) in [4.78, 5) is 28.5. The molecule has 0 aliphatic carbocycles. The van der Waals surface area contributed by atoms with E-state index in [0.29, 0.717) is 13.0 Å². The zero-order valence-electron chi connectivity index (χ0n) is 12.1. The van der Waals surface area contributed by atoms with Crippen LogP contribution in [0, 0.1) is 12.8 Å². The molecule has 6 heteroatoms. The molecule has 1 atom stereocenters. The van der Waals surface area contributed by atoms with Crippen LogP contribution in [0.2, 0.25) is 0 Å². The first-order chi connectivity index (χ1) is 9.43. The molecule has 1 rings (SSSR count). The standard InChI is InChI=1S/C14H21N3O3/c1-4-11(13(18)19)8-15-14(20)17(3)9-12-7-5-6-10(2)16-12/h5-7,11H,4,8-9H2,1-3H3,(H,15,20)(H,18,19). The summed E-state index contributed by atoms with van der Waals surface area (Å²) in [5.74, 6) is -1.44. The Labute approximate surface area is 118 Å². The molecule has 0 aliphatic rings. The molecule has 0 saturated heterocycles. The van der Waals surface area contributed by atoms with Crippen molar-refractivity contribution in [2.24, 2.45) is 5.92 Å². The van der Waals surface area contributed by atoms with Gasteiger partial charge in [-0.05, 0) is 25.5 Å². The Hall–Kier alpha value is -2.11. The predicted molar refractivity (Wildman–Crippen MR) is 75.3 cm³/mol. The fourth-order valence-electron chi connectivity index (χ4n) is 1.75. The summed E-state index contributed by atoms with van der Waals surface area (Å²) in [6.45, 7) is 4.20. The van der Waals surface area contributed by atoms with Gasteiger partial charge < -0.3 is 15.3 Å². The summed E-state index contributed by atoms with van der Waals surface area (Å²) < 4.78 is 0. The van der Waals surface area contributed by atoms with Crippen LogP contribution in [0.3, 0.4) is 0 Å². The normalized spacial score (nSPS) is 11.8. The van der Waals surface area contributed by atoms with Crippen LogP contribution in [0.25, 0.3) is 0 Å². The molecule has 0 spiro atoms. The van der Waals surface area contributed by atoms with Crippen molar-refractivity contribution in [2.75, 3.05) is 13.6 Å². The highest BCUT2D eigenvalue weighted by Gasteiger charge is 2.17. The van der Waals surface area contributed by atoms with Crippen LogP contribution >= 0.6 is 0 Å². The van der Waals surface area contributed by atoms with Crippen molar-refractivity contribution in [3.8, 4) is 0 Å².